The fourth-order valence-electron chi connectivity index (χ4n) is 4.06. The highest BCUT2D eigenvalue weighted by Gasteiger charge is 2.32. The molecule has 0 unspecified atom stereocenters. The molecule has 0 bridgehead atoms. The van der Waals surface area contributed by atoms with E-state index >= 15 is 0 Å². The van der Waals surface area contributed by atoms with Crippen LogP contribution in [0.4, 0.5) is 5.69 Å². The Hall–Kier alpha value is -3.85. The molecular formula is C31H39N3O5S. The second kappa shape index (κ2) is 13.5. The highest BCUT2D eigenvalue weighted by atomic mass is 32.2. The lowest BCUT2D eigenvalue weighted by atomic mass is 10.1. The summed E-state index contributed by atoms with van der Waals surface area (Å²) >= 11 is 0. The van der Waals surface area contributed by atoms with Crippen molar-refractivity contribution in [3.63, 3.8) is 0 Å². The van der Waals surface area contributed by atoms with Gasteiger partial charge in [0.15, 0.2) is 0 Å². The molecule has 1 atom stereocenters. The molecule has 1 N–H and O–H groups in total. The van der Waals surface area contributed by atoms with Crippen LogP contribution in [0, 0.1) is 19.8 Å². The summed E-state index contributed by atoms with van der Waals surface area (Å²) in [6.07, 6.45) is 0. The molecule has 3 rings (SSSR count). The second-order valence-electron chi connectivity index (χ2n) is 10.3. The number of carbonyl (C=O) groups excluding carboxylic acids is 2. The molecule has 8 nitrogen and oxygen atoms in total. The second-order valence-corrected chi connectivity index (χ2v) is 12.2. The lowest BCUT2D eigenvalue weighted by Gasteiger charge is -2.32. The Bertz CT molecular complexity index is 1400. The van der Waals surface area contributed by atoms with Gasteiger partial charge in [-0.15, -0.1) is 0 Å². The summed E-state index contributed by atoms with van der Waals surface area (Å²) in [5.74, 6) is -0.123. The van der Waals surface area contributed by atoms with E-state index in [4.69, 9.17) is 4.74 Å². The van der Waals surface area contributed by atoms with Crippen LogP contribution in [0.2, 0.25) is 0 Å². The molecule has 0 aliphatic rings. The van der Waals surface area contributed by atoms with Gasteiger partial charge in [0.2, 0.25) is 11.8 Å². The van der Waals surface area contributed by atoms with Crippen molar-refractivity contribution in [3.05, 3.63) is 89.5 Å². The Labute approximate surface area is 238 Å². The number of methoxy groups -OCH3 is 1. The molecule has 9 heteroatoms. The van der Waals surface area contributed by atoms with Crippen molar-refractivity contribution < 1.29 is 22.7 Å². The van der Waals surface area contributed by atoms with Gasteiger partial charge in [-0.2, -0.15) is 0 Å². The van der Waals surface area contributed by atoms with Crippen molar-refractivity contribution in [1.82, 2.24) is 10.2 Å². The van der Waals surface area contributed by atoms with E-state index in [1.54, 1.807) is 43.3 Å². The van der Waals surface area contributed by atoms with E-state index in [1.165, 1.54) is 24.1 Å². The van der Waals surface area contributed by atoms with Gasteiger partial charge >= 0.3 is 0 Å². The zero-order chi connectivity index (χ0) is 29.4. The number of rotatable bonds is 12. The number of nitrogens with zero attached hydrogens (tertiary/aromatic N) is 2. The molecule has 0 aliphatic carbocycles. The van der Waals surface area contributed by atoms with E-state index < -0.39 is 28.5 Å². The Balaban J connectivity index is 2.02. The van der Waals surface area contributed by atoms with Gasteiger partial charge in [-0.05, 0) is 56.5 Å². The molecule has 3 aromatic carbocycles. The minimum Gasteiger partial charge on any atom is -0.497 e. The summed E-state index contributed by atoms with van der Waals surface area (Å²) in [4.78, 5) is 28.5. The summed E-state index contributed by atoms with van der Waals surface area (Å²) in [5.41, 5.74) is 3.09. The van der Waals surface area contributed by atoms with Crippen LogP contribution >= 0.6 is 0 Å². The van der Waals surface area contributed by atoms with Crippen molar-refractivity contribution in [3.8, 4) is 5.75 Å². The molecule has 0 fully saturated rings. The third kappa shape index (κ3) is 7.85. The van der Waals surface area contributed by atoms with Gasteiger partial charge in [0.05, 0.1) is 17.7 Å². The van der Waals surface area contributed by atoms with Crippen LogP contribution in [0.15, 0.2) is 77.7 Å². The lowest BCUT2D eigenvalue weighted by Crippen LogP contribution is -2.51. The molecule has 0 radical (unpaired) electrons. The van der Waals surface area contributed by atoms with Crippen molar-refractivity contribution in [2.75, 3.05) is 24.5 Å². The van der Waals surface area contributed by atoms with Gasteiger partial charge in [-0.3, -0.25) is 13.9 Å². The first kappa shape index (κ1) is 30.7. The number of hydrogen-bond donors (Lipinski definition) is 1. The number of amides is 2. The zero-order valence-corrected chi connectivity index (χ0v) is 24.9. The van der Waals surface area contributed by atoms with E-state index in [0.717, 1.165) is 21.0 Å². The quantitative estimate of drug-likeness (QED) is 0.344. The number of anilines is 1. The van der Waals surface area contributed by atoms with Gasteiger partial charge < -0.3 is 15.0 Å². The van der Waals surface area contributed by atoms with Crippen LogP contribution in [0.5, 0.6) is 5.75 Å². The van der Waals surface area contributed by atoms with Gasteiger partial charge in [-0.25, -0.2) is 8.42 Å². The number of ether oxygens (including phenoxy) is 1. The number of nitrogens with one attached hydrogen (secondary N) is 1. The molecule has 0 saturated carbocycles. The maximum atomic E-state index is 14.0. The molecule has 214 valence electrons. The molecular weight excluding hydrogens is 526 g/mol. The highest BCUT2D eigenvalue weighted by Crippen LogP contribution is 2.28. The third-order valence-corrected chi connectivity index (χ3v) is 8.34. The summed E-state index contributed by atoms with van der Waals surface area (Å²) in [6, 6.07) is 19.9. The smallest absolute Gasteiger partial charge is 0.264 e. The first-order valence-electron chi connectivity index (χ1n) is 13.3. The normalized spacial score (nSPS) is 12.1. The van der Waals surface area contributed by atoms with E-state index in [2.05, 4.69) is 5.32 Å². The topological polar surface area (TPSA) is 96.0 Å². The molecule has 0 aromatic heterocycles. The monoisotopic (exact) mass is 565 g/mol. The predicted octanol–water partition coefficient (Wildman–Crippen LogP) is 4.70. The van der Waals surface area contributed by atoms with Crippen LogP contribution in [0.1, 0.15) is 37.5 Å². The number of benzene rings is 3. The Morgan fingerprint density at radius 1 is 0.900 bits per heavy atom. The van der Waals surface area contributed by atoms with Crippen molar-refractivity contribution in [2.45, 2.75) is 52.1 Å². The molecule has 0 saturated heterocycles. The number of hydrogen-bond acceptors (Lipinski definition) is 5. The van der Waals surface area contributed by atoms with Crippen LogP contribution < -0.4 is 14.4 Å². The molecule has 3 aromatic rings. The largest absolute Gasteiger partial charge is 0.497 e. The molecule has 0 spiro atoms. The molecule has 0 aliphatic heterocycles. The van der Waals surface area contributed by atoms with Crippen LogP contribution in [-0.2, 0) is 26.2 Å². The predicted molar refractivity (Wildman–Crippen MR) is 158 cm³/mol. The van der Waals surface area contributed by atoms with Gasteiger partial charge in [0, 0.05) is 19.2 Å². The minimum atomic E-state index is -4.14. The number of aryl methyl sites for hydroxylation is 2. The standard InChI is InChI=1S/C31H39N3O5S/c1-22(2)19-32-31(36)25(5)33(20-26-14-10-23(3)11-15-26)30(35)21-34(27-8-7-9-28(18-27)39-6)40(37,38)29-16-12-24(4)13-17-29/h7-18,22,25H,19-21H2,1-6H3,(H,32,36)/t25-/m1/s1. The first-order valence-corrected chi connectivity index (χ1v) is 14.7. The van der Waals surface area contributed by atoms with Gasteiger partial charge in [0.1, 0.15) is 18.3 Å². The van der Waals surface area contributed by atoms with E-state index in [9.17, 15) is 18.0 Å². The Kier molecular flexibility index (Phi) is 10.3. The number of sulfonamides is 1. The summed E-state index contributed by atoms with van der Waals surface area (Å²) in [7, 11) is -2.65. The summed E-state index contributed by atoms with van der Waals surface area (Å²) in [6.45, 7) is 9.58. The van der Waals surface area contributed by atoms with Crippen molar-refractivity contribution in [2.24, 2.45) is 5.92 Å². The first-order chi connectivity index (χ1) is 18.9. The average molecular weight is 566 g/mol. The minimum absolute atomic E-state index is 0.0570. The van der Waals surface area contributed by atoms with E-state index in [1.807, 2.05) is 52.0 Å². The maximum Gasteiger partial charge on any atom is 0.264 e. The number of carbonyl (C=O) groups is 2. The maximum absolute atomic E-state index is 14.0. The average Bonchev–Trinajstić information content (AvgIpc) is 2.93. The molecule has 2 amide bonds. The SMILES string of the molecule is COc1cccc(N(CC(=O)N(Cc2ccc(C)cc2)[C@H](C)C(=O)NCC(C)C)S(=O)(=O)c2ccc(C)cc2)c1. The highest BCUT2D eigenvalue weighted by molar-refractivity contribution is 7.92. The zero-order valence-electron chi connectivity index (χ0n) is 24.0. The van der Waals surface area contributed by atoms with Crippen molar-refractivity contribution >= 4 is 27.5 Å². The van der Waals surface area contributed by atoms with Gasteiger partial charge in [-0.1, -0.05) is 67.4 Å². The van der Waals surface area contributed by atoms with Gasteiger partial charge in [0.25, 0.3) is 10.0 Å². The fourth-order valence-corrected chi connectivity index (χ4v) is 5.46. The Morgan fingerprint density at radius 3 is 2.08 bits per heavy atom. The van der Waals surface area contributed by atoms with Crippen molar-refractivity contribution in [1.29, 1.82) is 0 Å². The molecule has 0 heterocycles. The summed E-state index contributed by atoms with van der Waals surface area (Å²) < 4.78 is 34.2. The lowest BCUT2D eigenvalue weighted by molar-refractivity contribution is -0.139. The van der Waals surface area contributed by atoms with Crippen LogP contribution in [-0.4, -0.2) is 51.4 Å². The third-order valence-electron chi connectivity index (χ3n) is 6.55. The molecule has 40 heavy (non-hydrogen) atoms. The van der Waals surface area contributed by atoms with E-state index in [0.29, 0.717) is 12.3 Å². The van der Waals surface area contributed by atoms with Crippen LogP contribution in [0.25, 0.3) is 0 Å². The summed E-state index contributed by atoms with van der Waals surface area (Å²) in [5, 5.41) is 2.89. The van der Waals surface area contributed by atoms with E-state index in [-0.39, 0.29) is 29.0 Å². The fraction of sp³-hybridized carbons (Fsp3) is 0.355. The van der Waals surface area contributed by atoms with Crippen LogP contribution in [0.3, 0.4) is 0 Å². The Morgan fingerprint density at radius 2 is 1.50 bits per heavy atom.